The molecule has 0 unspecified atom stereocenters. The molecule has 1 aromatic rings. The number of piperidine rings is 1. The fraction of sp³-hybridized carbons (Fsp3) is 0.579. The van der Waals surface area contributed by atoms with Gasteiger partial charge in [0.1, 0.15) is 0 Å². The quantitative estimate of drug-likeness (QED) is 0.840. The number of nitrogens with one attached hydrogen (secondary N) is 1. The Morgan fingerprint density at radius 1 is 1.15 bits per heavy atom. The predicted molar refractivity (Wildman–Crippen MR) is 97.8 cm³/mol. The molecule has 26 heavy (non-hydrogen) atoms. The highest BCUT2D eigenvalue weighted by atomic mass is 16.5. The molecule has 0 aromatic heterocycles. The van der Waals surface area contributed by atoms with Crippen LogP contribution in [-0.4, -0.2) is 56.9 Å². The summed E-state index contributed by atoms with van der Waals surface area (Å²) in [7, 11) is 3.10. The summed E-state index contributed by atoms with van der Waals surface area (Å²) in [6.07, 6.45) is 1.02. The first-order valence-corrected chi connectivity index (χ1v) is 8.89. The molecule has 1 N–H and O–H groups in total. The Bertz CT molecular complexity index is 624. The zero-order valence-corrected chi connectivity index (χ0v) is 15.9. The Labute approximate surface area is 154 Å². The van der Waals surface area contributed by atoms with Crippen molar-refractivity contribution in [3.05, 3.63) is 23.8 Å². The lowest BCUT2D eigenvalue weighted by Crippen LogP contribution is -2.46. The Balaban J connectivity index is 1.87. The van der Waals surface area contributed by atoms with Gasteiger partial charge in [-0.2, -0.15) is 0 Å². The first-order chi connectivity index (χ1) is 12.4. The highest BCUT2D eigenvalue weighted by molar-refractivity contribution is 5.95. The monoisotopic (exact) mass is 364 g/mol. The molecule has 144 valence electrons. The van der Waals surface area contributed by atoms with Crippen LogP contribution < -0.4 is 14.8 Å². The standard InChI is InChI=1S/C19H28N2O5/c1-13(2)12-26-19(23)20-15-7-9-21(10-8-15)18(22)14-5-6-16(24-3)17(11-14)25-4/h5-6,11,13,15H,7-10,12H2,1-4H3,(H,20,23). The van der Waals surface area contributed by atoms with Crippen LogP contribution >= 0.6 is 0 Å². The maximum absolute atomic E-state index is 12.7. The number of hydrogen-bond acceptors (Lipinski definition) is 5. The van der Waals surface area contributed by atoms with E-state index in [9.17, 15) is 9.59 Å². The molecule has 7 nitrogen and oxygen atoms in total. The van der Waals surface area contributed by atoms with Crippen molar-refractivity contribution in [2.24, 2.45) is 5.92 Å². The number of nitrogens with zero attached hydrogens (tertiary/aromatic N) is 1. The summed E-state index contributed by atoms with van der Waals surface area (Å²) in [5, 5.41) is 2.87. The first kappa shape index (κ1) is 19.9. The summed E-state index contributed by atoms with van der Waals surface area (Å²) in [6, 6.07) is 5.18. The van der Waals surface area contributed by atoms with Crippen molar-refractivity contribution in [1.29, 1.82) is 0 Å². The van der Waals surface area contributed by atoms with Gasteiger partial charge in [-0.3, -0.25) is 4.79 Å². The van der Waals surface area contributed by atoms with Gasteiger partial charge in [0.25, 0.3) is 5.91 Å². The summed E-state index contributed by atoms with van der Waals surface area (Å²) < 4.78 is 15.6. The first-order valence-electron chi connectivity index (χ1n) is 8.89. The molecule has 0 saturated carbocycles. The fourth-order valence-electron chi connectivity index (χ4n) is 2.83. The normalized spacial score (nSPS) is 14.9. The van der Waals surface area contributed by atoms with Crippen molar-refractivity contribution in [2.75, 3.05) is 33.9 Å². The van der Waals surface area contributed by atoms with Gasteiger partial charge in [0.05, 0.1) is 20.8 Å². The maximum Gasteiger partial charge on any atom is 0.407 e. The molecule has 1 aliphatic rings. The molecule has 1 aliphatic heterocycles. The summed E-state index contributed by atoms with van der Waals surface area (Å²) in [6.45, 7) is 5.56. The maximum atomic E-state index is 12.7. The average molecular weight is 364 g/mol. The number of alkyl carbamates (subject to hydrolysis) is 1. The van der Waals surface area contributed by atoms with E-state index < -0.39 is 0 Å². The van der Waals surface area contributed by atoms with Crippen molar-refractivity contribution in [1.82, 2.24) is 10.2 Å². The molecular formula is C19H28N2O5. The van der Waals surface area contributed by atoms with Crippen LogP contribution in [0.15, 0.2) is 18.2 Å². The van der Waals surface area contributed by atoms with E-state index in [1.807, 2.05) is 13.8 Å². The van der Waals surface area contributed by atoms with E-state index in [4.69, 9.17) is 14.2 Å². The molecule has 1 aromatic carbocycles. The zero-order valence-electron chi connectivity index (χ0n) is 15.9. The Morgan fingerprint density at radius 2 is 1.81 bits per heavy atom. The molecule has 1 saturated heterocycles. The number of amides is 2. The highest BCUT2D eigenvalue weighted by Crippen LogP contribution is 2.28. The van der Waals surface area contributed by atoms with Gasteiger partial charge >= 0.3 is 6.09 Å². The minimum atomic E-state index is -0.386. The molecule has 2 amide bonds. The lowest BCUT2D eigenvalue weighted by atomic mass is 10.0. The van der Waals surface area contributed by atoms with Crippen molar-refractivity contribution >= 4 is 12.0 Å². The van der Waals surface area contributed by atoms with E-state index in [0.717, 1.165) is 0 Å². The van der Waals surface area contributed by atoms with Crippen molar-refractivity contribution < 1.29 is 23.8 Å². The number of carbonyl (C=O) groups is 2. The molecule has 1 fully saturated rings. The third-order valence-electron chi connectivity index (χ3n) is 4.28. The SMILES string of the molecule is COc1ccc(C(=O)N2CCC(NC(=O)OCC(C)C)CC2)cc1OC. The van der Waals surface area contributed by atoms with Crippen LogP contribution in [0.2, 0.25) is 0 Å². The van der Waals surface area contributed by atoms with Crippen LogP contribution in [-0.2, 0) is 4.74 Å². The lowest BCUT2D eigenvalue weighted by Gasteiger charge is -2.32. The second-order valence-corrected chi connectivity index (χ2v) is 6.77. The van der Waals surface area contributed by atoms with Crippen molar-refractivity contribution in [2.45, 2.75) is 32.7 Å². The Hall–Kier alpha value is -2.44. The zero-order chi connectivity index (χ0) is 19.1. The number of rotatable bonds is 6. The molecule has 0 aliphatic carbocycles. The Morgan fingerprint density at radius 3 is 2.38 bits per heavy atom. The minimum Gasteiger partial charge on any atom is -0.493 e. The summed E-state index contributed by atoms with van der Waals surface area (Å²) >= 11 is 0. The highest BCUT2D eigenvalue weighted by Gasteiger charge is 2.25. The van der Waals surface area contributed by atoms with Gasteiger partial charge in [-0.05, 0) is 37.0 Å². The van der Waals surface area contributed by atoms with Gasteiger partial charge in [0.15, 0.2) is 11.5 Å². The van der Waals surface area contributed by atoms with Crippen LogP contribution in [0.5, 0.6) is 11.5 Å². The van der Waals surface area contributed by atoms with E-state index in [0.29, 0.717) is 55.5 Å². The van der Waals surface area contributed by atoms with E-state index in [-0.39, 0.29) is 18.0 Å². The second kappa shape index (κ2) is 9.31. The molecular weight excluding hydrogens is 336 g/mol. The van der Waals surface area contributed by atoms with Gasteiger partial charge in [-0.15, -0.1) is 0 Å². The van der Waals surface area contributed by atoms with Crippen LogP contribution in [0.1, 0.15) is 37.0 Å². The third-order valence-corrected chi connectivity index (χ3v) is 4.28. The van der Waals surface area contributed by atoms with E-state index in [1.54, 1.807) is 37.3 Å². The van der Waals surface area contributed by atoms with Crippen LogP contribution in [0.4, 0.5) is 4.79 Å². The summed E-state index contributed by atoms with van der Waals surface area (Å²) in [5.74, 6) is 1.38. The minimum absolute atomic E-state index is 0.0316. The summed E-state index contributed by atoms with van der Waals surface area (Å²) in [4.78, 5) is 26.2. The molecule has 0 atom stereocenters. The van der Waals surface area contributed by atoms with E-state index in [2.05, 4.69) is 5.32 Å². The molecule has 0 radical (unpaired) electrons. The smallest absolute Gasteiger partial charge is 0.407 e. The topological polar surface area (TPSA) is 77.1 Å². The van der Waals surface area contributed by atoms with Gasteiger partial charge in [-0.25, -0.2) is 4.79 Å². The van der Waals surface area contributed by atoms with E-state index in [1.165, 1.54) is 0 Å². The van der Waals surface area contributed by atoms with E-state index >= 15 is 0 Å². The number of likely N-dealkylation sites (tertiary alicyclic amines) is 1. The lowest BCUT2D eigenvalue weighted by molar-refractivity contribution is 0.0699. The van der Waals surface area contributed by atoms with Crippen molar-refractivity contribution in [3.8, 4) is 11.5 Å². The van der Waals surface area contributed by atoms with Gasteiger partial charge in [-0.1, -0.05) is 13.8 Å². The average Bonchev–Trinajstić information content (AvgIpc) is 2.65. The number of benzene rings is 1. The van der Waals surface area contributed by atoms with Gasteiger partial charge < -0.3 is 24.4 Å². The number of carbonyl (C=O) groups excluding carboxylic acids is 2. The summed E-state index contributed by atoms with van der Waals surface area (Å²) in [5.41, 5.74) is 0.561. The number of hydrogen-bond donors (Lipinski definition) is 1. The molecule has 0 spiro atoms. The van der Waals surface area contributed by atoms with Crippen LogP contribution in [0, 0.1) is 5.92 Å². The molecule has 2 rings (SSSR count). The third kappa shape index (κ3) is 5.28. The molecule has 7 heteroatoms. The molecule has 1 heterocycles. The number of methoxy groups -OCH3 is 2. The van der Waals surface area contributed by atoms with Crippen LogP contribution in [0.3, 0.4) is 0 Å². The predicted octanol–water partition coefficient (Wildman–Crippen LogP) is 2.69. The second-order valence-electron chi connectivity index (χ2n) is 6.77. The van der Waals surface area contributed by atoms with Crippen molar-refractivity contribution in [3.63, 3.8) is 0 Å². The van der Waals surface area contributed by atoms with Gasteiger partial charge in [0, 0.05) is 24.7 Å². The fourth-order valence-corrected chi connectivity index (χ4v) is 2.83. The Kier molecular flexibility index (Phi) is 7.12. The molecule has 0 bridgehead atoms. The number of ether oxygens (including phenoxy) is 3. The van der Waals surface area contributed by atoms with Gasteiger partial charge in [0.2, 0.25) is 0 Å². The largest absolute Gasteiger partial charge is 0.493 e. The van der Waals surface area contributed by atoms with Crippen LogP contribution in [0.25, 0.3) is 0 Å².